The molecule has 0 N–H and O–H groups in total. The van der Waals surface area contributed by atoms with Crippen LogP contribution in [0.5, 0.6) is 0 Å². The Bertz CT molecular complexity index is 2940. The van der Waals surface area contributed by atoms with Gasteiger partial charge in [-0.3, -0.25) is 0 Å². The van der Waals surface area contributed by atoms with Gasteiger partial charge in [-0.1, -0.05) is 166 Å². The van der Waals surface area contributed by atoms with E-state index in [1.807, 2.05) is 0 Å². The minimum Gasteiger partial charge on any atom is -0.311 e. The largest absolute Gasteiger partial charge is 0.311 e. The first-order valence-electron chi connectivity index (χ1n) is 23.3. The Kier molecular flexibility index (Phi) is 9.40. The first kappa shape index (κ1) is 41.2. The maximum atomic E-state index is 2.68. The standard InChI is InChI=1S/C60H63BN2/c1-38-31-54-56-55(32-38)63(52-33-42(24-23-39(52)2)40-19-15-13-16-20-40)51-28-26-44(58(6,7)8)35-48(51)61(56)49-36-46-47(60(11,12)30-29-59(46,9)10)37-53(49)62(54)50-27-25-43(57(3,4)5)34-45(50)41-21-17-14-18-22-41/h13-28,31-37H,29-30H2,1-12H3. The molecule has 63 heavy (non-hydrogen) atoms. The highest BCUT2D eigenvalue weighted by Gasteiger charge is 2.47. The van der Waals surface area contributed by atoms with Gasteiger partial charge in [-0.15, -0.1) is 0 Å². The van der Waals surface area contributed by atoms with Crippen LogP contribution in [-0.4, -0.2) is 6.71 Å². The second-order valence-electron chi connectivity index (χ2n) is 22.3. The summed E-state index contributed by atoms with van der Waals surface area (Å²) in [4.78, 5) is 5.29. The molecule has 3 heteroatoms. The molecular formula is C60H63BN2. The number of rotatable bonds is 4. The summed E-state index contributed by atoms with van der Waals surface area (Å²) >= 11 is 0. The van der Waals surface area contributed by atoms with Gasteiger partial charge in [0.15, 0.2) is 0 Å². The van der Waals surface area contributed by atoms with Crippen molar-refractivity contribution >= 4 is 57.2 Å². The molecule has 0 unspecified atom stereocenters. The van der Waals surface area contributed by atoms with E-state index >= 15 is 0 Å². The quantitative estimate of drug-likeness (QED) is 0.163. The molecule has 2 heterocycles. The Morgan fingerprint density at radius 3 is 1.57 bits per heavy atom. The van der Waals surface area contributed by atoms with Crippen molar-refractivity contribution in [1.29, 1.82) is 0 Å². The summed E-state index contributed by atoms with van der Waals surface area (Å²) in [5.74, 6) is 0. The van der Waals surface area contributed by atoms with Gasteiger partial charge in [-0.05, 0) is 157 Å². The third-order valence-corrected chi connectivity index (χ3v) is 14.8. The van der Waals surface area contributed by atoms with Crippen LogP contribution in [-0.2, 0) is 21.7 Å². The van der Waals surface area contributed by atoms with Crippen molar-refractivity contribution in [1.82, 2.24) is 0 Å². The molecule has 0 atom stereocenters. The summed E-state index contributed by atoms with van der Waals surface area (Å²) in [7, 11) is 0. The van der Waals surface area contributed by atoms with Crippen molar-refractivity contribution < 1.29 is 0 Å². The van der Waals surface area contributed by atoms with Crippen LogP contribution in [0, 0.1) is 13.8 Å². The summed E-state index contributed by atoms with van der Waals surface area (Å²) in [5.41, 5.74) is 24.9. The topological polar surface area (TPSA) is 6.48 Å². The molecule has 10 rings (SSSR count). The Balaban J connectivity index is 1.35. The molecule has 2 aliphatic heterocycles. The average molecular weight is 823 g/mol. The highest BCUT2D eigenvalue weighted by atomic mass is 15.2. The fourth-order valence-corrected chi connectivity index (χ4v) is 10.9. The lowest BCUT2D eigenvalue weighted by Gasteiger charge is -2.48. The van der Waals surface area contributed by atoms with Crippen LogP contribution in [0.15, 0.2) is 140 Å². The predicted molar refractivity (Wildman–Crippen MR) is 273 cm³/mol. The van der Waals surface area contributed by atoms with Crippen LogP contribution >= 0.6 is 0 Å². The zero-order valence-corrected chi connectivity index (χ0v) is 39.7. The van der Waals surface area contributed by atoms with E-state index in [4.69, 9.17) is 0 Å². The van der Waals surface area contributed by atoms with Gasteiger partial charge in [0.05, 0.1) is 5.69 Å². The monoisotopic (exact) mass is 823 g/mol. The van der Waals surface area contributed by atoms with E-state index in [1.54, 1.807) is 0 Å². The number of hydrogen-bond donors (Lipinski definition) is 0. The molecule has 0 radical (unpaired) electrons. The van der Waals surface area contributed by atoms with Crippen LogP contribution in [0.4, 0.5) is 34.1 Å². The molecule has 0 saturated carbocycles. The Hall–Kier alpha value is -5.80. The van der Waals surface area contributed by atoms with E-state index in [1.165, 1.54) is 119 Å². The minimum atomic E-state index is -0.0236. The van der Waals surface area contributed by atoms with E-state index in [-0.39, 0.29) is 28.4 Å². The molecule has 3 aliphatic rings. The van der Waals surface area contributed by atoms with Crippen LogP contribution in [0.25, 0.3) is 22.3 Å². The van der Waals surface area contributed by atoms with Crippen molar-refractivity contribution in [3.63, 3.8) is 0 Å². The smallest absolute Gasteiger partial charge is 0.252 e. The average Bonchev–Trinajstić information content (AvgIpc) is 3.25. The van der Waals surface area contributed by atoms with E-state index in [9.17, 15) is 0 Å². The third-order valence-electron chi connectivity index (χ3n) is 14.8. The Morgan fingerprint density at radius 2 is 0.968 bits per heavy atom. The highest BCUT2D eigenvalue weighted by Crippen LogP contribution is 2.52. The van der Waals surface area contributed by atoms with Crippen molar-refractivity contribution in [2.75, 3.05) is 9.80 Å². The zero-order chi connectivity index (χ0) is 44.4. The fraction of sp³-hybridized carbons (Fsp3) is 0.300. The van der Waals surface area contributed by atoms with Gasteiger partial charge in [-0.2, -0.15) is 0 Å². The van der Waals surface area contributed by atoms with E-state index < -0.39 is 0 Å². The Labute approximate surface area is 378 Å². The SMILES string of the molecule is Cc1cc2c3c(c1)N(c1ccc(C(C)(C)C)cc1-c1ccccc1)c1cc4c(cc1B3c1cc(C(C)(C)C)ccc1N2c1cc(-c2ccccc2)ccc1C)C(C)(C)CCC4(C)C. The van der Waals surface area contributed by atoms with Gasteiger partial charge in [0.2, 0.25) is 0 Å². The van der Waals surface area contributed by atoms with Gasteiger partial charge < -0.3 is 9.80 Å². The van der Waals surface area contributed by atoms with Gasteiger partial charge >= 0.3 is 0 Å². The lowest BCUT2D eigenvalue weighted by molar-refractivity contribution is 0.332. The van der Waals surface area contributed by atoms with Crippen LogP contribution in [0.2, 0.25) is 0 Å². The zero-order valence-electron chi connectivity index (χ0n) is 39.7. The number of benzene rings is 7. The summed E-state index contributed by atoms with van der Waals surface area (Å²) in [6, 6.07) is 53.9. The van der Waals surface area contributed by atoms with Crippen LogP contribution in [0.3, 0.4) is 0 Å². The van der Waals surface area contributed by atoms with E-state index in [0.29, 0.717) is 0 Å². The maximum Gasteiger partial charge on any atom is 0.252 e. The molecule has 0 spiro atoms. The number of fused-ring (bicyclic) bond motifs is 5. The molecule has 1 aliphatic carbocycles. The Morgan fingerprint density at radius 1 is 0.444 bits per heavy atom. The van der Waals surface area contributed by atoms with E-state index in [2.05, 4.69) is 232 Å². The van der Waals surface area contributed by atoms with Gasteiger partial charge in [0.1, 0.15) is 0 Å². The molecule has 0 amide bonds. The second kappa shape index (κ2) is 14.4. The number of aryl methyl sites for hydroxylation is 2. The van der Waals surface area contributed by atoms with E-state index in [0.717, 1.165) is 0 Å². The van der Waals surface area contributed by atoms with Gasteiger partial charge in [0.25, 0.3) is 6.71 Å². The van der Waals surface area contributed by atoms with Gasteiger partial charge in [-0.25, -0.2) is 0 Å². The molecule has 0 aromatic heterocycles. The molecule has 0 saturated heterocycles. The lowest BCUT2D eigenvalue weighted by Crippen LogP contribution is -2.62. The molecular weight excluding hydrogens is 759 g/mol. The molecule has 0 bridgehead atoms. The summed E-state index contributed by atoms with van der Waals surface area (Å²) < 4.78 is 0. The lowest BCUT2D eigenvalue weighted by atomic mass is 9.33. The molecule has 2 nitrogen and oxygen atoms in total. The fourth-order valence-electron chi connectivity index (χ4n) is 10.9. The molecule has 316 valence electrons. The van der Waals surface area contributed by atoms with Gasteiger partial charge in [0, 0.05) is 34.0 Å². The predicted octanol–water partition coefficient (Wildman–Crippen LogP) is 14.7. The van der Waals surface area contributed by atoms with Crippen molar-refractivity contribution in [3.8, 4) is 22.3 Å². The third kappa shape index (κ3) is 6.77. The van der Waals surface area contributed by atoms with Crippen molar-refractivity contribution in [2.24, 2.45) is 0 Å². The number of anilines is 6. The van der Waals surface area contributed by atoms with Crippen LogP contribution < -0.4 is 26.2 Å². The molecule has 0 fully saturated rings. The minimum absolute atomic E-state index is 0.00867. The van der Waals surface area contributed by atoms with Crippen molar-refractivity contribution in [2.45, 2.75) is 118 Å². The summed E-state index contributed by atoms with van der Waals surface area (Å²) in [5, 5.41) is 0. The summed E-state index contributed by atoms with van der Waals surface area (Å²) in [6.07, 6.45) is 2.34. The normalized spacial score (nSPS) is 16.0. The van der Waals surface area contributed by atoms with Crippen LogP contribution in [0.1, 0.15) is 115 Å². The first-order valence-corrected chi connectivity index (χ1v) is 23.3. The highest BCUT2D eigenvalue weighted by molar-refractivity contribution is 7.00. The second-order valence-corrected chi connectivity index (χ2v) is 22.3. The molecule has 7 aromatic carbocycles. The number of hydrogen-bond acceptors (Lipinski definition) is 2. The molecule has 7 aromatic rings. The number of nitrogens with zero attached hydrogens (tertiary/aromatic N) is 2. The van der Waals surface area contributed by atoms with Crippen molar-refractivity contribution in [3.05, 3.63) is 173 Å². The maximum absolute atomic E-state index is 2.68. The summed E-state index contributed by atoms with van der Waals surface area (Å²) in [6.45, 7) is 28.6. The first-order chi connectivity index (χ1) is 29.8.